The first-order chi connectivity index (χ1) is 4.45. The molecule has 0 aromatic rings. The summed E-state index contributed by atoms with van der Waals surface area (Å²) in [4.78, 5) is 10.6. The summed E-state index contributed by atoms with van der Waals surface area (Å²) in [6, 6.07) is 0. The molecule has 0 rings (SSSR count). The molecule has 4 nitrogen and oxygen atoms in total. The van der Waals surface area contributed by atoms with Gasteiger partial charge < -0.3 is 10.5 Å². The Hall–Kier alpha value is -1.06. The zero-order valence-electron chi connectivity index (χ0n) is 6.38. The van der Waals surface area contributed by atoms with E-state index in [4.69, 9.17) is 5.21 Å². The average molecular weight is 144 g/mol. The number of rotatable bonds is 1. The Kier molecular flexibility index (Phi) is 2.86. The summed E-state index contributed by atoms with van der Waals surface area (Å²) in [5, 5.41) is 13.1. The molecule has 0 atom stereocenters. The van der Waals surface area contributed by atoms with Crippen LogP contribution in [0, 0.1) is 0 Å². The van der Waals surface area contributed by atoms with Crippen molar-refractivity contribution in [2.45, 2.75) is 26.3 Å². The molecule has 10 heavy (non-hydrogen) atoms. The van der Waals surface area contributed by atoms with E-state index >= 15 is 0 Å². The van der Waals surface area contributed by atoms with Crippen LogP contribution in [0.4, 0.5) is 0 Å². The minimum atomic E-state index is -0.394. The molecule has 0 saturated carbocycles. The number of amides is 1. The quantitative estimate of drug-likeness (QED) is 0.317. The van der Waals surface area contributed by atoms with Gasteiger partial charge in [0, 0.05) is 5.54 Å². The van der Waals surface area contributed by atoms with E-state index in [2.05, 4.69) is 10.5 Å². The number of nitrogens with zero attached hydrogens (tertiary/aromatic N) is 1. The van der Waals surface area contributed by atoms with Crippen LogP contribution >= 0.6 is 0 Å². The molecule has 0 aliphatic rings. The zero-order chi connectivity index (χ0) is 8.20. The molecule has 0 aliphatic heterocycles. The van der Waals surface area contributed by atoms with E-state index in [1.54, 1.807) is 0 Å². The highest BCUT2D eigenvalue weighted by molar-refractivity contribution is 6.26. The summed E-state index contributed by atoms with van der Waals surface area (Å²) in [5.41, 5.74) is -0.279. The predicted octanol–water partition coefficient (Wildman–Crippen LogP) is 0.361. The Morgan fingerprint density at radius 3 is 2.40 bits per heavy atom. The third-order valence-corrected chi connectivity index (χ3v) is 0.673. The maximum atomic E-state index is 10.6. The summed E-state index contributed by atoms with van der Waals surface area (Å²) < 4.78 is 0. The highest BCUT2D eigenvalue weighted by Gasteiger charge is 2.11. The standard InChI is InChI=1S/C6H12N2O2/c1-6(2,3)8-5(9)4-7-10/h4,10H,1-3H3,(H,8,9)/b7-4+. The van der Waals surface area contributed by atoms with E-state index < -0.39 is 5.91 Å². The largest absolute Gasteiger partial charge is 0.411 e. The SMILES string of the molecule is CC(C)(C)NC(=O)/C=N/O. The number of carbonyl (C=O) groups is 1. The summed E-state index contributed by atoms with van der Waals surface area (Å²) >= 11 is 0. The highest BCUT2D eigenvalue weighted by Crippen LogP contribution is 1.96. The molecule has 0 aromatic heterocycles. The highest BCUT2D eigenvalue weighted by atomic mass is 16.4. The van der Waals surface area contributed by atoms with E-state index in [1.165, 1.54) is 0 Å². The smallest absolute Gasteiger partial charge is 0.266 e. The third-order valence-electron chi connectivity index (χ3n) is 0.673. The maximum absolute atomic E-state index is 10.6. The average Bonchev–Trinajstić information content (AvgIpc) is 1.59. The van der Waals surface area contributed by atoms with Gasteiger partial charge in [-0.15, -0.1) is 0 Å². The van der Waals surface area contributed by atoms with Crippen LogP contribution in [-0.2, 0) is 4.79 Å². The number of oxime groups is 1. The van der Waals surface area contributed by atoms with Crippen molar-refractivity contribution in [2.24, 2.45) is 5.16 Å². The van der Waals surface area contributed by atoms with E-state index in [1.807, 2.05) is 20.8 Å². The van der Waals surface area contributed by atoms with Gasteiger partial charge in [0.15, 0.2) is 0 Å². The van der Waals surface area contributed by atoms with Crippen molar-refractivity contribution in [1.82, 2.24) is 5.32 Å². The van der Waals surface area contributed by atoms with Crippen LogP contribution in [0.3, 0.4) is 0 Å². The molecule has 0 radical (unpaired) electrons. The molecule has 1 amide bonds. The minimum absolute atomic E-state index is 0.279. The molecule has 0 fully saturated rings. The fraction of sp³-hybridized carbons (Fsp3) is 0.667. The molecular weight excluding hydrogens is 132 g/mol. The lowest BCUT2D eigenvalue weighted by Crippen LogP contribution is -2.41. The van der Waals surface area contributed by atoms with Gasteiger partial charge >= 0.3 is 0 Å². The molecule has 0 unspecified atom stereocenters. The van der Waals surface area contributed by atoms with Gasteiger partial charge in [0.1, 0.15) is 6.21 Å². The predicted molar refractivity (Wildman–Crippen MR) is 38.2 cm³/mol. The van der Waals surface area contributed by atoms with Gasteiger partial charge in [-0.05, 0) is 20.8 Å². The second-order valence-electron chi connectivity index (χ2n) is 2.98. The van der Waals surface area contributed by atoms with Crippen molar-refractivity contribution < 1.29 is 10.0 Å². The fourth-order valence-corrected chi connectivity index (χ4v) is 0.454. The lowest BCUT2D eigenvalue weighted by Gasteiger charge is -2.18. The summed E-state index contributed by atoms with van der Waals surface area (Å²) in [7, 11) is 0. The van der Waals surface area contributed by atoms with Crippen molar-refractivity contribution in [1.29, 1.82) is 0 Å². The first kappa shape index (κ1) is 8.94. The first-order valence-corrected chi connectivity index (χ1v) is 2.95. The second-order valence-corrected chi connectivity index (χ2v) is 2.98. The topological polar surface area (TPSA) is 61.7 Å². The van der Waals surface area contributed by atoms with E-state index in [0.717, 1.165) is 6.21 Å². The Balaban J connectivity index is 3.81. The van der Waals surface area contributed by atoms with Gasteiger partial charge in [-0.25, -0.2) is 0 Å². The summed E-state index contributed by atoms with van der Waals surface area (Å²) in [6.45, 7) is 5.53. The van der Waals surface area contributed by atoms with Crippen LogP contribution in [-0.4, -0.2) is 22.9 Å². The van der Waals surface area contributed by atoms with Crippen molar-refractivity contribution in [3.05, 3.63) is 0 Å². The number of carbonyl (C=O) groups excluding carboxylic acids is 1. The zero-order valence-corrected chi connectivity index (χ0v) is 6.38. The van der Waals surface area contributed by atoms with Crippen LogP contribution < -0.4 is 5.32 Å². The Labute approximate surface area is 59.9 Å². The van der Waals surface area contributed by atoms with Gasteiger partial charge in [0.25, 0.3) is 5.91 Å². The van der Waals surface area contributed by atoms with Crippen LogP contribution in [0.2, 0.25) is 0 Å². The molecule has 0 spiro atoms. The lowest BCUT2D eigenvalue weighted by atomic mass is 10.1. The maximum Gasteiger partial charge on any atom is 0.266 e. The molecule has 2 N–H and O–H groups in total. The number of hydrogen-bond donors (Lipinski definition) is 2. The molecule has 4 heteroatoms. The normalized spacial score (nSPS) is 11.9. The third kappa shape index (κ3) is 5.08. The van der Waals surface area contributed by atoms with Crippen LogP contribution in [0.15, 0.2) is 5.16 Å². The Bertz CT molecular complexity index is 146. The van der Waals surface area contributed by atoms with Crippen molar-refractivity contribution in [2.75, 3.05) is 0 Å². The Morgan fingerprint density at radius 2 is 2.10 bits per heavy atom. The van der Waals surface area contributed by atoms with Crippen LogP contribution in [0.1, 0.15) is 20.8 Å². The lowest BCUT2D eigenvalue weighted by molar-refractivity contribution is -0.115. The van der Waals surface area contributed by atoms with Gasteiger partial charge in [-0.2, -0.15) is 0 Å². The summed E-state index contributed by atoms with van der Waals surface area (Å²) in [5.74, 6) is -0.394. The summed E-state index contributed by atoms with van der Waals surface area (Å²) in [6.07, 6.45) is 0.825. The van der Waals surface area contributed by atoms with Gasteiger partial charge in [-0.3, -0.25) is 4.79 Å². The molecule has 58 valence electrons. The molecule has 0 saturated heterocycles. The molecule has 0 aromatic carbocycles. The van der Waals surface area contributed by atoms with Crippen LogP contribution in [0.5, 0.6) is 0 Å². The fourth-order valence-electron chi connectivity index (χ4n) is 0.454. The number of hydrogen-bond acceptors (Lipinski definition) is 3. The van der Waals surface area contributed by atoms with Crippen LogP contribution in [0.25, 0.3) is 0 Å². The monoisotopic (exact) mass is 144 g/mol. The first-order valence-electron chi connectivity index (χ1n) is 2.95. The second kappa shape index (κ2) is 3.20. The molecule has 0 aliphatic carbocycles. The minimum Gasteiger partial charge on any atom is -0.411 e. The van der Waals surface area contributed by atoms with E-state index in [0.29, 0.717) is 0 Å². The van der Waals surface area contributed by atoms with E-state index in [-0.39, 0.29) is 5.54 Å². The van der Waals surface area contributed by atoms with Gasteiger partial charge in [0.2, 0.25) is 0 Å². The molecule has 0 bridgehead atoms. The Morgan fingerprint density at radius 1 is 1.60 bits per heavy atom. The van der Waals surface area contributed by atoms with Crippen molar-refractivity contribution >= 4 is 12.1 Å². The van der Waals surface area contributed by atoms with Crippen molar-refractivity contribution in [3.63, 3.8) is 0 Å². The molecular formula is C6H12N2O2. The van der Waals surface area contributed by atoms with Gasteiger partial charge in [-0.1, -0.05) is 5.16 Å². The molecule has 0 heterocycles. The van der Waals surface area contributed by atoms with Gasteiger partial charge in [0.05, 0.1) is 0 Å². The number of nitrogens with one attached hydrogen (secondary N) is 1. The van der Waals surface area contributed by atoms with Crippen molar-refractivity contribution in [3.8, 4) is 0 Å². The van der Waals surface area contributed by atoms with E-state index in [9.17, 15) is 4.79 Å².